The van der Waals surface area contributed by atoms with Gasteiger partial charge in [-0.25, -0.2) is 9.97 Å². The number of hydrogen-bond donors (Lipinski definition) is 0. The summed E-state index contributed by atoms with van der Waals surface area (Å²) in [6.07, 6.45) is -9.49. The maximum atomic E-state index is 13.1. The van der Waals surface area contributed by atoms with Crippen molar-refractivity contribution in [2.24, 2.45) is 0 Å². The second kappa shape index (κ2) is 5.85. The molecule has 25 heavy (non-hydrogen) atoms. The molecular formula is C15H11F6N3O. The lowest BCUT2D eigenvalue weighted by Gasteiger charge is -2.27. The van der Waals surface area contributed by atoms with Crippen molar-refractivity contribution in [2.45, 2.75) is 25.2 Å². The Balaban J connectivity index is 2.13. The monoisotopic (exact) mass is 363 g/mol. The zero-order valence-corrected chi connectivity index (χ0v) is 12.6. The summed E-state index contributed by atoms with van der Waals surface area (Å²) in [5, 5.41) is -0.502. The molecule has 2 aromatic rings. The fourth-order valence-corrected chi connectivity index (χ4v) is 2.64. The first kappa shape index (κ1) is 17.4. The molecule has 0 radical (unpaired) electrons. The van der Waals surface area contributed by atoms with Crippen molar-refractivity contribution in [3.05, 3.63) is 29.5 Å². The highest BCUT2D eigenvalue weighted by atomic mass is 19.4. The smallest absolute Gasteiger partial charge is 0.356 e. The number of halogens is 6. The molecule has 4 nitrogen and oxygen atoms in total. The Morgan fingerprint density at radius 1 is 0.920 bits per heavy atom. The quantitative estimate of drug-likeness (QED) is 0.723. The summed E-state index contributed by atoms with van der Waals surface area (Å²) in [7, 11) is 0. The van der Waals surface area contributed by atoms with Crippen molar-refractivity contribution in [1.82, 2.24) is 9.97 Å². The molecule has 0 atom stereocenters. The number of Topliss-reactive ketones (excluding diaryl/α,β-unsaturated/α-hetero) is 1. The van der Waals surface area contributed by atoms with Crippen molar-refractivity contribution in [1.29, 1.82) is 0 Å². The predicted molar refractivity (Wildman–Crippen MR) is 76.0 cm³/mol. The van der Waals surface area contributed by atoms with E-state index < -0.39 is 34.6 Å². The molecule has 134 valence electrons. The molecule has 0 aromatic carbocycles. The summed E-state index contributed by atoms with van der Waals surface area (Å²) >= 11 is 0. The number of aromatic nitrogens is 2. The number of nitrogens with zero attached hydrogens (tertiary/aromatic N) is 3. The first-order valence-electron chi connectivity index (χ1n) is 7.28. The molecule has 0 bridgehead atoms. The highest BCUT2D eigenvalue weighted by Gasteiger charge is 2.39. The molecule has 3 heterocycles. The molecular weight excluding hydrogens is 352 g/mol. The summed E-state index contributed by atoms with van der Waals surface area (Å²) < 4.78 is 78.0. The fraction of sp³-hybridized carbons (Fsp3) is 0.400. The lowest BCUT2D eigenvalue weighted by atomic mass is 10.1. The van der Waals surface area contributed by atoms with Crippen LogP contribution in [0.1, 0.15) is 24.1 Å². The van der Waals surface area contributed by atoms with Crippen LogP contribution >= 0.6 is 0 Å². The number of anilines is 1. The van der Waals surface area contributed by atoms with Gasteiger partial charge in [0.2, 0.25) is 0 Å². The number of carbonyl (C=O) groups is 1. The van der Waals surface area contributed by atoms with Gasteiger partial charge in [-0.1, -0.05) is 0 Å². The Kier molecular flexibility index (Phi) is 4.08. The molecule has 1 aliphatic rings. The van der Waals surface area contributed by atoms with E-state index >= 15 is 0 Å². The van der Waals surface area contributed by atoms with E-state index in [0.29, 0.717) is 13.1 Å². The zero-order chi connectivity index (χ0) is 18.4. The number of rotatable bonds is 1. The summed E-state index contributed by atoms with van der Waals surface area (Å²) in [4.78, 5) is 20.0. The molecule has 0 aliphatic carbocycles. The second-order valence-corrected chi connectivity index (χ2v) is 5.62. The highest BCUT2D eigenvalue weighted by molar-refractivity contribution is 5.83. The average molecular weight is 363 g/mol. The van der Waals surface area contributed by atoms with Gasteiger partial charge < -0.3 is 4.90 Å². The first-order valence-corrected chi connectivity index (χ1v) is 7.28. The van der Waals surface area contributed by atoms with Crippen LogP contribution < -0.4 is 4.90 Å². The van der Waals surface area contributed by atoms with Crippen LogP contribution in [0.25, 0.3) is 11.0 Å². The molecule has 0 unspecified atom stereocenters. The van der Waals surface area contributed by atoms with E-state index in [1.54, 1.807) is 4.90 Å². The normalized spacial score (nSPS) is 16.6. The van der Waals surface area contributed by atoms with E-state index in [9.17, 15) is 31.1 Å². The van der Waals surface area contributed by atoms with Gasteiger partial charge in [-0.2, -0.15) is 26.3 Å². The number of hydrogen-bond acceptors (Lipinski definition) is 4. The van der Waals surface area contributed by atoms with Gasteiger partial charge >= 0.3 is 12.4 Å². The van der Waals surface area contributed by atoms with Gasteiger partial charge in [0.05, 0.1) is 5.56 Å². The molecule has 3 rings (SSSR count). The van der Waals surface area contributed by atoms with Crippen LogP contribution in [0.2, 0.25) is 0 Å². The van der Waals surface area contributed by atoms with Gasteiger partial charge in [-0.05, 0) is 18.2 Å². The van der Waals surface area contributed by atoms with E-state index in [-0.39, 0.29) is 30.5 Å². The van der Waals surface area contributed by atoms with Gasteiger partial charge in [0.1, 0.15) is 17.3 Å². The molecule has 0 amide bonds. The van der Waals surface area contributed by atoms with Crippen molar-refractivity contribution in [3.8, 4) is 0 Å². The first-order chi connectivity index (χ1) is 11.6. The van der Waals surface area contributed by atoms with Crippen molar-refractivity contribution < 1.29 is 31.1 Å². The molecule has 10 heteroatoms. The van der Waals surface area contributed by atoms with Crippen molar-refractivity contribution >= 4 is 22.6 Å². The van der Waals surface area contributed by atoms with Crippen LogP contribution in [0.5, 0.6) is 0 Å². The minimum atomic E-state index is -5.02. The minimum Gasteiger partial charge on any atom is -0.356 e. The molecule has 0 N–H and O–H groups in total. The number of fused-ring (bicyclic) bond motifs is 1. The van der Waals surface area contributed by atoms with Crippen LogP contribution in [0, 0.1) is 0 Å². The SMILES string of the molecule is O=C1CCN(c2ccc3c(C(F)(F)F)cc(C(F)(F)F)nc3n2)CC1. The lowest BCUT2D eigenvalue weighted by molar-refractivity contribution is -0.144. The maximum absolute atomic E-state index is 13.1. The molecule has 1 saturated heterocycles. The maximum Gasteiger partial charge on any atom is 0.433 e. The summed E-state index contributed by atoms with van der Waals surface area (Å²) in [5.74, 6) is 0.244. The van der Waals surface area contributed by atoms with E-state index in [1.807, 2.05) is 0 Å². The van der Waals surface area contributed by atoms with Crippen LogP contribution in [-0.2, 0) is 17.1 Å². The topological polar surface area (TPSA) is 46.1 Å². The number of alkyl halides is 6. The van der Waals surface area contributed by atoms with E-state index in [1.165, 1.54) is 6.07 Å². The zero-order valence-electron chi connectivity index (χ0n) is 12.6. The Morgan fingerprint density at radius 3 is 2.12 bits per heavy atom. The standard InChI is InChI=1S/C15H11F6N3O/c16-14(17,18)10-7-11(15(19,20)21)22-13-9(10)1-2-12(23-13)24-5-3-8(25)4-6-24/h1-2,7H,3-6H2. The Labute approximate surface area is 137 Å². The van der Waals surface area contributed by atoms with E-state index in [4.69, 9.17) is 0 Å². The minimum absolute atomic E-state index is 0.0107. The van der Waals surface area contributed by atoms with Crippen LogP contribution in [0.15, 0.2) is 18.2 Å². The van der Waals surface area contributed by atoms with E-state index in [0.717, 1.165) is 6.07 Å². The van der Waals surface area contributed by atoms with Gasteiger partial charge in [0.15, 0.2) is 5.65 Å². The Morgan fingerprint density at radius 2 is 1.56 bits per heavy atom. The van der Waals surface area contributed by atoms with Crippen LogP contribution in [0.4, 0.5) is 32.2 Å². The molecule has 1 aliphatic heterocycles. The third kappa shape index (κ3) is 3.52. The lowest BCUT2D eigenvalue weighted by Crippen LogP contribution is -2.34. The number of carbonyl (C=O) groups excluding carboxylic acids is 1. The Bertz CT molecular complexity index is 820. The average Bonchev–Trinajstić information content (AvgIpc) is 2.52. The fourth-order valence-electron chi connectivity index (χ4n) is 2.64. The largest absolute Gasteiger partial charge is 0.433 e. The van der Waals surface area contributed by atoms with Crippen molar-refractivity contribution in [2.75, 3.05) is 18.0 Å². The van der Waals surface area contributed by atoms with Gasteiger partial charge in [-0.3, -0.25) is 4.79 Å². The number of ketones is 1. The van der Waals surface area contributed by atoms with E-state index in [2.05, 4.69) is 9.97 Å². The highest BCUT2D eigenvalue weighted by Crippen LogP contribution is 2.38. The molecule has 0 spiro atoms. The van der Waals surface area contributed by atoms with Gasteiger partial charge in [0.25, 0.3) is 0 Å². The van der Waals surface area contributed by atoms with Crippen LogP contribution in [-0.4, -0.2) is 28.8 Å². The number of piperidine rings is 1. The van der Waals surface area contributed by atoms with Gasteiger partial charge in [-0.15, -0.1) is 0 Å². The third-order valence-electron chi connectivity index (χ3n) is 3.90. The third-order valence-corrected chi connectivity index (χ3v) is 3.90. The molecule has 0 saturated carbocycles. The summed E-state index contributed by atoms with van der Waals surface area (Å²) in [6.45, 7) is 0.616. The summed E-state index contributed by atoms with van der Waals surface area (Å²) in [5.41, 5.74) is -3.71. The molecule has 1 fully saturated rings. The second-order valence-electron chi connectivity index (χ2n) is 5.62. The summed E-state index contributed by atoms with van der Waals surface area (Å²) in [6, 6.07) is 2.34. The van der Waals surface area contributed by atoms with Gasteiger partial charge in [0, 0.05) is 31.3 Å². The molecule has 2 aromatic heterocycles. The number of pyridine rings is 2. The predicted octanol–water partition coefficient (Wildman–Crippen LogP) is 3.84. The van der Waals surface area contributed by atoms with Crippen LogP contribution in [0.3, 0.4) is 0 Å². The van der Waals surface area contributed by atoms with Crippen molar-refractivity contribution in [3.63, 3.8) is 0 Å². The Hall–Kier alpha value is -2.39.